The third kappa shape index (κ3) is 3.49. The van der Waals surface area contributed by atoms with Gasteiger partial charge < -0.3 is 22.1 Å². The van der Waals surface area contributed by atoms with Crippen molar-refractivity contribution in [3.05, 3.63) is 12.7 Å². The van der Waals surface area contributed by atoms with E-state index in [1.807, 2.05) is 6.08 Å². The highest BCUT2D eigenvalue weighted by Crippen LogP contribution is 2.12. The molecule has 84 valence electrons. The van der Waals surface area contributed by atoms with Gasteiger partial charge in [0.05, 0.1) is 12.1 Å². The summed E-state index contributed by atoms with van der Waals surface area (Å²) in [5.74, 6) is 0.479. The average Bonchev–Trinajstić information content (AvgIpc) is 2.53. The molecule has 1 heterocycles. The van der Waals surface area contributed by atoms with Crippen molar-refractivity contribution in [2.75, 3.05) is 6.54 Å². The van der Waals surface area contributed by atoms with E-state index in [0.717, 1.165) is 12.8 Å². The van der Waals surface area contributed by atoms with Gasteiger partial charge in [-0.05, 0) is 12.8 Å². The Labute approximate surface area is 89.3 Å². The maximum absolute atomic E-state index is 6.98. The first kappa shape index (κ1) is 11.4. The fraction of sp³-hybridized carbons (Fsp3) is 0.556. The first-order valence-electron chi connectivity index (χ1n) is 4.93. The first-order valence-corrected chi connectivity index (χ1v) is 4.93. The minimum Gasteiger partial charge on any atom is -0.370 e. The number of hydrogen-bond acceptors (Lipinski definition) is 4. The predicted molar refractivity (Wildman–Crippen MR) is 61.7 cm³/mol. The molecule has 0 bridgehead atoms. The van der Waals surface area contributed by atoms with E-state index < -0.39 is 0 Å². The molecule has 6 nitrogen and oxygen atoms in total. The number of rotatable bonds is 5. The summed E-state index contributed by atoms with van der Waals surface area (Å²) >= 11 is 0. The van der Waals surface area contributed by atoms with Crippen LogP contribution >= 0.6 is 0 Å². The lowest BCUT2D eigenvalue weighted by Crippen LogP contribution is -2.36. The standard InChI is InChI=1S/C9H18N6/c1-2-6-7(15-9(12)14-6)4-3-5-13-8(10)11/h2,6-7H,1,3-5H2,(H4,10,11,13)(H3,12,14,15)/t6-,7?/m0/s1. The van der Waals surface area contributed by atoms with E-state index in [2.05, 4.69) is 22.2 Å². The van der Waals surface area contributed by atoms with Crippen LogP contribution in [0.25, 0.3) is 0 Å². The zero-order valence-electron chi connectivity index (χ0n) is 8.66. The molecule has 6 heteroatoms. The first-order chi connectivity index (χ1) is 7.13. The summed E-state index contributed by atoms with van der Waals surface area (Å²) in [6, 6.07) is 0.276. The number of aliphatic imine (C=N–C) groups is 1. The molecule has 1 unspecified atom stereocenters. The summed E-state index contributed by atoms with van der Waals surface area (Å²) in [5, 5.41) is 12.8. The topological polar surface area (TPSA) is 112 Å². The number of nitrogens with two attached hydrogens (primary N) is 2. The zero-order valence-corrected chi connectivity index (χ0v) is 8.66. The van der Waals surface area contributed by atoms with Crippen LogP contribution in [0.1, 0.15) is 12.8 Å². The van der Waals surface area contributed by atoms with E-state index in [0.29, 0.717) is 12.5 Å². The maximum atomic E-state index is 6.98. The van der Waals surface area contributed by atoms with Gasteiger partial charge in [0, 0.05) is 6.54 Å². The van der Waals surface area contributed by atoms with Crippen LogP contribution < -0.4 is 22.1 Å². The Morgan fingerprint density at radius 3 is 3.07 bits per heavy atom. The molecule has 1 aliphatic heterocycles. The van der Waals surface area contributed by atoms with Crippen LogP contribution in [0.15, 0.2) is 17.6 Å². The fourth-order valence-corrected chi connectivity index (χ4v) is 1.56. The van der Waals surface area contributed by atoms with Gasteiger partial charge in [-0.2, -0.15) is 0 Å². The summed E-state index contributed by atoms with van der Waals surface area (Å²) in [6.45, 7) is 4.41. The summed E-state index contributed by atoms with van der Waals surface area (Å²) in [4.78, 5) is 4.26. The number of hydrogen-bond donors (Lipinski definition) is 5. The molecule has 0 fully saturated rings. The highest BCUT2D eigenvalue weighted by atomic mass is 15.2. The lowest BCUT2D eigenvalue weighted by molar-refractivity contribution is 0.539. The van der Waals surface area contributed by atoms with E-state index in [9.17, 15) is 0 Å². The number of nitrogens with zero attached hydrogens (tertiary/aromatic N) is 1. The highest BCUT2D eigenvalue weighted by Gasteiger charge is 2.23. The molecule has 1 aliphatic rings. The minimum absolute atomic E-state index is 0.00262. The third-order valence-electron chi connectivity index (χ3n) is 2.28. The smallest absolute Gasteiger partial charge is 0.189 e. The fourth-order valence-electron chi connectivity index (χ4n) is 1.56. The van der Waals surface area contributed by atoms with Crippen LogP contribution in [0.4, 0.5) is 0 Å². The Hall–Kier alpha value is -1.72. The molecule has 0 aliphatic carbocycles. The van der Waals surface area contributed by atoms with Crippen molar-refractivity contribution in [1.29, 1.82) is 5.41 Å². The van der Waals surface area contributed by atoms with Crippen molar-refractivity contribution >= 4 is 11.9 Å². The Morgan fingerprint density at radius 1 is 1.73 bits per heavy atom. The quantitative estimate of drug-likeness (QED) is 0.175. The molecule has 0 saturated heterocycles. The molecule has 0 radical (unpaired) electrons. The lowest BCUT2D eigenvalue weighted by Gasteiger charge is -2.13. The average molecular weight is 210 g/mol. The van der Waals surface area contributed by atoms with Crippen LogP contribution in [-0.2, 0) is 0 Å². The van der Waals surface area contributed by atoms with E-state index in [-0.39, 0.29) is 18.0 Å². The van der Waals surface area contributed by atoms with Gasteiger partial charge in [-0.3, -0.25) is 5.41 Å². The summed E-state index contributed by atoms with van der Waals surface area (Å²) in [6.07, 6.45) is 3.60. The van der Waals surface area contributed by atoms with Crippen LogP contribution in [0.3, 0.4) is 0 Å². The Kier molecular flexibility index (Phi) is 3.96. The Balaban J connectivity index is 2.25. The monoisotopic (exact) mass is 210 g/mol. The van der Waals surface area contributed by atoms with Crippen molar-refractivity contribution in [2.45, 2.75) is 24.9 Å². The predicted octanol–water partition coefficient (Wildman–Crippen LogP) is -0.909. The van der Waals surface area contributed by atoms with Gasteiger partial charge in [0.25, 0.3) is 0 Å². The molecular weight excluding hydrogens is 192 g/mol. The maximum Gasteiger partial charge on any atom is 0.189 e. The largest absolute Gasteiger partial charge is 0.370 e. The molecule has 7 N–H and O–H groups in total. The Morgan fingerprint density at radius 2 is 2.47 bits per heavy atom. The molecule has 0 aromatic carbocycles. The molecule has 0 spiro atoms. The molecule has 0 saturated carbocycles. The van der Waals surface area contributed by atoms with Crippen LogP contribution in [0, 0.1) is 5.41 Å². The second-order valence-electron chi connectivity index (χ2n) is 3.47. The normalized spacial score (nSPS) is 24.1. The van der Waals surface area contributed by atoms with Crippen molar-refractivity contribution in [2.24, 2.45) is 16.5 Å². The van der Waals surface area contributed by atoms with Crippen LogP contribution in [-0.4, -0.2) is 30.5 Å². The van der Waals surface area contributed by atoms with Crippen molar-refractivity contribution in [3.8, 4) is 0 Å². The molecule has 0 aromatic heterocycles. The molecular formula is C9H18N6. The molecule has 2 atom stereocenters. The van der Waals surface area contributed by atoms with E-state index in [1.165, 1.54) is 0 Å². The van der Waals surface area contributed by atoms with E-state index in [4.69, 9.17) is 16.9 Å². The molecule has 0 amide bonds. The number of guanidine groups is 2. The summed E-state index contributed by atoms with van der Waals surface area (Å²) < 4.78 is 0. The van der Waals surface area contributed by atoms with E-state index in [1.54, 1.807) is 0 Å². The highest BCUT2D eigenvalue weighted by molar-refractivity contribution is 5.80. The van der Waals surface area contributed by atoms with Gasteiger partial charge in [0.15, 0.2) is 11.9 Å². The van der Waals surface area contributed by atoms with E-state index >= 15 is 0 Å². The van der Waals surface area contributed by atoms with Crippen molar-refractivity contribution < 1.29 is 0 Å². The van der Waals surface area contributed by atoms with Gasteiger partial charge in [0.1, 0.15) is 0 Å². The van der Waals surface area contributed by atoms with Gasteiger partial charge >= 0.3 is 0 Å². The van der Waals surface area contributed by atoms with Crippen LogP contribution in [0.2, 0.25) is 0 Å². The van der Waals surface area contributed by atoms with Gasteiger partial charge in [-0.25, -0.2) is 4.99 Å². The second kappa shape index (κ2) is 5.23. The molecule has 15 heavy (non-hydrogen) atoms. The van der Waals surface area contributed by atoms with Crippen LogP contribution in [0.5, 0.6) is 0 Å². The minimum atomic E-state index is 0.00262. The third-order valence-corrected chi connectivity index (χ3v) is 2.28. The summed E-state index contributed by atoms with van der Waals surface area (Å²) in [5.41, 5.74) is 10.7. The SMILES string of the molecule is C=C[C@@H]1NC(N)=NC1CCCNC(=N)N. The summed E-state index contributed by atoms with van der Waals surface area (Å²) in [7, 11) is 0. The number of nitrogens with one attached hydrogen (secondary N) is 3. The van der Waals surface area contributed by atoms with Crippen molar-refractivity contribution in [3.63, 3.8) is 0 Å². The molecule has 0 aromatic rings. The molecule has 1 rings (SSSR count). The Bertz CT molecular complexity index is 272. The van der Waals surface area contributed by atoms with Gasteiger partial charge in [0.2, 0.25) is 0 Å². The second-order valence-corrected chi connectivity index (χ2v) is 3.47. The zero-order chi connectivity index (χ0) is 11.3. The van der Waals surface area contributed by atoms with Crippen molar-refractivity contribution in [1.82, 2.24) is 10.6 Å². The lowest BCUT2D eigenvalue weighted by atomic mass is 10.1. The van der Waals surface area contributed by atoms with Gasteiger partial charge in [-0.1, -0.05) is 6.08 Å². The van der Waals surface area contributed by atoms with Gasteiger partial charge in [-0.15, -0.1) is 6.58 Å².